The van der Waals surface area contributed by atoms with E-state index in [4.69, 9.17) is 9.84 Å². The first-order valence-corrected chi connectivity index (χ1v) is 10.4. The first kappa shape index (κ1) is 20.3. The molecule has 1 fully saturated rings. The second kappa shape index (κ2) is 9.24. The predicted molar refractivity (Wildman–Crippen MR) is 118 cm³/mol. The summed E-state index contributed by atoms with van der Waals surface area (Å²) in [6.45, 7) is 6.83. The number of nitrogens with zero attached hydrogens (tertiary/aromatic N) is 4. The van der Waals surface area contributed by atoms with Gasteiger partial charge in [0.15, 0.2) is 0 Å². The average Bonchev–Trinajstić information content (AvgIpc) is 3.24. The highest BCUT2D eigenvalue weighted by Gasteiger charge is 2.26. The molecule has 1 saturated heterocycles. The zero-order valence-electron chi connectivity index (χ0n) is 17.6. The van der Waals surface area contributed by atoms with Crippen molar-refractivity contribution in [1.82, 2.24) is 19.6 Å². The SMILES string of the molecule is COCCN1CCN(C(=O)c2cn(-c3ccccc3)nc2-c2cccc(C)c2)CC1. The van der Waals surface area contributed by atoms with Gasteiger partial charge in [0.05, 0.1) is 17.9 Å². The molecule has 4 rings (SSSR count). The third-order valence-electron chi connectivity index (χ3n) is 5.53. The minimum Gasteiger partial charge on any atom is -0.383 e. The molecular weight excluding hydrogens is 376 g/mol. The number of hydrogen-bond donors (Lipinski definition) is 0. The van der Waals surface area contributed by atoms with E-state index in [1.807, 2.05) is 53.6 Å². The molecule has 0 aliphatic carbocycles. The topological polar surface area (TPSA) is 50.6 Å². The lowest BCUT2D eigenvalue weighted by molar-refractivity contribution is 0.0595. The second-order valence-corrected chi connectivity index (χ2v) is 7.67. The van der Waals surface area contributed by atoms with Crippen molar-refractivity contribution in [2.45, 2.75) is 6.92 Å². The van der Waals surface area contributed by atoms with Crippen LogP contribution in [-0.2, 0) is 4.74 Å². The molecule has 0 atom stereocenters. The molecule has 0 saturated carbocycles. The standard InChI is InChI=1S/C24H28N4O2/c1-19-7-6-8-20(17-19)23-22(18-28(25-23)21-9-4-3-5-10-21)24(29)27-13-11-26(12-14-27)15-16-30-2/h3-10,17-18H,11-16H2,1-2H3. The van der Waals surface area contributed by atoms with E-state index in [-0.39, 0.29) is 5.91 Å². The second-order valence-electron chi connectivity index (χ2n) is 7.67. The van der Waals surface area contributed by atoms with E-state index in [1.165, 1.54) is 0 Å². The summed E-state index contributed by atoms with van der Waals surface area (Å²) in [6, 6.07) is 18.1. The summed E-state index contributed by atoms with van der Waals surface area (Å²) < 4.78 is 6.98. The highest BCUT2D eigenvalue weighted by atomic mass is 16.5. The van der Waals surface area contributed by atoms with Gasteiger partial charge in [-0.25, -0.2) is 4.68 Å². The van der Waals surface area contributed by atoms with E-state index in [9.17, 15) is 4.79 Å². The molecule has 3 aromatic rings. The summed E-state index contributed by atoms with van der Waals surface area (Å²) in [5.41, 5.74) is 4.43. The minimum absolute atomic E-state index is 0.0417. The molecule has 6 heteroatoms. The first-order valence-electron chi connectivity index (χ1n) is 10.4. The molecule has 1 aromatic heterocycles. The molecule has 0 unspecified atom stereocenters. The van der Waals surface area contributed by atoms with Crippen LogP contribution in [0.1, 0.15) is 15.9 Å². The number of benzene rings is 2. The lowest BCUT2D eigenvalue weighted by Crippen LogP contribution is -2.49. The zero-order valence-corrected chi connectivity index (χ0v) is 17.6. The molecule has 1 aliphatic heterocycles. The van der Waals surface area contributed by atoms with Crippen LogP contribution >= 0.6 is 0 Å². The maximum absolute atomic E-state index is 13.5. The van der Waals surface area contributed by atoms with Gasteiger partial charge < -0.3 is 9.64 Å². The fourth-order valence-electron chi connectivity index (χ4n) is 3.81. The number of carbonyl (C=O) groups is 1. The van der Waals surface area contributed by atoms with E-state index >= 15 is 0 Å². The summed E-state index contributed by atoms with van der Waals surface area (Å²) in [4.78, 5) is 17.7. The van der Waals surface area contributed by atoms with Crippen molar-refractivity contribution in [2.24, 2.45) is 0 Å². The van der Waals surface area contributed by atoms with Crippen molar-refractivity contribution in [1.29, 1.82) is 0 Å². The lowest BCUT2D eigenvalue weighted by Gasteiger charge is -2.34. The highest BCUT2D eigenvalue weighted by molar-refractivity contribution is 6.00. The van der Waals surface area contributed by atoms with Crippen LogP contribution in [0.15, 0.2) is 60.8 Å². The van der Waals surface area contributed by atoms with Crippen molar-refractivity contribution in [3.05, 3.63) is 71.9 Å². The molecule has 1 aliphatic rings. The molecule has 0 spiro atoms. The summed E-state index contributed by atoms with van der Waals surface area (Å²) in [5, 5.41) is 4.81. The number of carbonyl (C=O) groups excluding carboxylic acids is 1. The normalized spacial score (nSPS) is 14.8. The molecule has 30 heavy (non-hydrogen) atoms. The number of hydrogen-bond acceptors (Lipinski definition) is 4. The van der Waals surface area contributed by atoms with E-state index in [1.54, 1.807) is 11.8 Å². The first-order chi connectivity index (χ1) is 14.7. The van der Waals surface area contributed by atoms with Crippen molar-refractivity contribution >= 4 is 5.91 Å². The Bertz CT molecular complexity index is 991. The molecule has 156 valence electrons. The van der Waals surface area contributed by atoms with Crippen LogP contribution in [0, 0.1) is 6.92 Å². The molecule has 2 aromatic carbocycles. The summed E-state index contributed by atoms with van der Waals surface area (Å²) in [5.74, 6) is 0.0417. The largest absolute Gasteiger partial charge is 0.383 e. The minimum atomic E-state index is 0.0417. The van der Waals surface area contributed by atoms with Gasteiger partial charge in [0, 0.05) is 51.6 Å². The van der Waals surface area contributed by atoms with Gasteiger partial charge in [0.2, 0.25) is 0 Å². The van der Waals surface area contributed by atoms with Crippen LogP contribution in [0.25, 0.3) is 16.9 Å². The van der Waals surface area contributed by atoms with Crippen LogP contribution in [0.2, 0.25) is 0 Å². The van der Waals surface area contributed by atoms with E-state index in [2.05, 4.69) is 24.0 Å². The Labute approximate surface area is 177 Å². The van der Waals surface area contributed by atoms with Gasteiger partial charge in [-0.1, -0.05) is 42.0 Å². The molecular formula is C24H28N4O2. The fraction of sp³-hybridized carbons (Fsp3) is 0.333. The quantitative estimate of drug-likeness (QED) is 0.633. The number of aryl methyl sites for hydroxylation is 1. The van der Waals surface area contributed by atoms with Gasteiger partial charge in [-0.3, -0.25) is 9.69 Å². The van der Waals surface area contributed by atoms with Crippen LogP contribution in [0.5, 0.6) is 0 Å². The van der Waals surface area contributed by atoms with Crippen LogP contribution < -0.4 is 0 Å². The smallest absolute Gasteiger partial charge is 0.257 e. The number of methoxy groups -OCH3 is 1. The van der Waals surface area contributed by atoms with Crippen LogP contribution in [0.4, 0.5) is 0 Å². The zero-order chi connectivity index (χ0) is 20.9. The number of piperazine rings is 1. The Balaban J connectivity index is 1.63. The Morgan fingerprint density at radius 2 is 1.80 bits per heavy atom. The van der Waals surface area contributed by atoms with E-state index < -0.39 is 0 Å². The molecule has 0 N–H and O–H groups in total. The Morgan fingerprint density at radius 3 is 2.50 bits per heavy atom. The number of para-hydroxylation sites is 1. The summed E-state index contributed by atoms with van der Waals surface area (Å²) in [7, 11) is 1.72. The molecule has 2 heterocycles. The molecule has 0 radical (unpaired) electrons. The van der Waals surface area contributed by atoms with Crippen molar-refractivity contribution in [3.63, 3.8) is 0 Å². The molecule has 1 amide bonds. The van der Waals surface area contributed by atoms with Crippen LogP contribution in [-0.4, -0.2) is 71.9 Å². The number of aromatic nitrogens is 2. The van der Waals surface area contributed by atoms with Crippen LogP contribution in [0.3, 0.4) is 0 Å². The maximum Gasteiger partial charge on any atom is 0.257 e. The fourth-order valence-corrected chi connectivity index (χ4v) is 3.81. The van der Waals surface area contributed by atoms with Crippen molar-refractivity contribution < 1.29 is 9.53 Å². The summed E-state index contributed by atoms with van der Waals surface area (Å²) >= 11 is 0. The van der Waals surface area contributed by atoms with E-state index in [0.717, 1.165) is 48.7 Å². The third-order valence-corrected chi connectivity index (χ3v) is 5.53. The van der Waals surface area contributed by atoms with Gasteiger partial charge in [0.25, 0.3) is 5.91 Å². The number of ether oxygens (including phenoxy) is 1. The van der Waals surface area contributed by atoms with Crippen molar-refractivity contribution in [3.8, 4) is 16.9 Å². The Kier molecular flexibility index (Phi) is 6.26. The maximum atomic E-state index is 13.5. The van der Waals surface area contributed by atoms with Gasteiger partial charge in [-0.15, -0.1) is 0 Å². The summed E-state index contributed by atoms with van der Waals surface area (Å²) in [6.07, 6.45) is 1.87. The van der Waals surface area contributed by atoms with Gasteiger partial charge in [0.1, 0.15) is 5.69 Å². The average molecular weight is 405 g/mol. The Hall–Kier alpha value is -2.96. The van der Waals surface area contributed by atoms with Gasteiger partial charge in [-0.05, 0) is 25.1 Å². The highest BCUT2D eigenvalue weighted by Crippen LogP contribution is 2.26. The lowest BCUT2D eigenvalue weighted by atomic mass is 10.0. The number of amides is 1. The monoisotopic (exact) mass is 404 g/mol. The van der Waals surface area contributed by atoms with E-state index in [0.29, 0.717) is 18.7 Å². The van der Waals surface area contributed by atoms with Crippen molar-refractivity contribution in [2.75, 3.05) is 46.4 Å². The Morgan fingerprint density at radius 1 is 1.03 bits per heavy atom. The van der Waals surface area contributed by atoms with Gasteiger partial charge in [-0.2, -0.15) is 5.10 Å². The number of rotatable bonds is 6. The molecule has 6 nitrogen and oxygen atoms in total. The molecule has 0 bridgehead atoms. The third kappa shape index (κ3) is 4.45. The predicted octanol–water partition coefficient (Wildman–Crippen LogP) is 3.25. The van der Waals surface area contributed by atoms with Gasteiger partial charge >= 0.3 is 0 Å².